The maximum atomic E-state index is 11.7. The number of nitrogens with one attached hydrogen (secondary N) is 1. The van der Waals surface area contributed by atoms with Crippen LogP contribution in [0.2, 0.25) is 0 Å². The monoisotopic (exact) mass is 315 g/mol. The molecule has 6 nitrogen and oxygen atoms in total. The van der Waals surface area contributed by atoms with Crippen molar-refractivity contribution >= 4 is 5.91 Å². The van der Waals surface area contributed by atoms with Crippen LogP contribution in [0.3, 0.4) is 0 Å². The van der Waals surface area contributed by atoms with E-state index in [1.807, 2.05) is 30.3 Å². The second-order valence-electron chi connectivity index (χ2n) is 4.82. The molecule has 0 bridgehead atoms. The van der Waals surface area contributed by atoms with Crippen molar-refractivity contribution in [3.8, 4) is 23.0 Å². The quantitative estimate of drug-likeness (QED) is 0.792. The minimum Gasteiger partial charge on any atom is -0.492 e. The lowest BCUT2D eigenvalue weighted by Gasteiger charge is -2.09. The molecule has 0 fully saturated rings. The highest BCUT2D eigenvalue weighted by molar-refractivity contribution is 5.77. The highest BCUT2D eigenvalue weighted by atomic mass is 16.7. The first-order chi connectivity index (χ1) is 11.3. The van der Waals surface area contributed by atoms with E-state index in [1.165, 1.54) is 0 Å². The second-order valence-corrected chi connectivity index (χ2v) is 4.82. The van der Waals surface area contributed by atoms with Crippen LogP contribution in [-0.2, 0) is 4.79 Å². The van der Waals surface area contributed by atoms with Crippen LogP contribution < -0.4 is 24.3 Å². The number of ether oxygens (including phenoxy) is 4. The lowest BCUT2D eigenvalue weighted by atomic mass is 10.3. The van der Waals surface area contributed by atoms with Gasteiger partial charge in [0.05, 0.1) is 6.54 Å². The van der Waals surface area contributed by atoms with Crippen molar-refractivity contribution in [2.24, 2.45) is 0 Å². The van der Waals surface area contributed by atoms with Gasteiger partial charge in [0.25, 0.3) is 5.91 Å². The minimum atomic E-state index is -0.209. The Bertz CT molecular complexity index is 659. The standard InChI is InChI=1S/C17H17NO5/c19-17(18-8-9-20-13-4-2-1-3-5-13)11-21-14-6-7-15-16(10-14)23-12-22-15/h1-7,10H,8-9,11-12H2,(H,18,19). The van der Waals surface area contributed by atoms with Crippen molar-refractivity contribution < 1.29 is 23.7 Å². The second kappa shape index (κ2) is 7.40. The van der Waals surface area contributed by atoms with Gasteiger partial charge in [-0.05, 0) is 24.3 Å². The van der Waals surface area contributed by atoms with E-state index < -0.39 is 0 Å². The molecule has 0 radical (unpaired) electrons. The molecule has 0 atom stereocenters. The molecule has 23 heavy (non-hydrogen) atoms. The zero-order valence-corrected chi connectivity index (χ0v) is 12.5. The molecule has 0 spiro atoms. The third kappa shape index (κ3) is 4.29. The first kappa shape index (κ1) is 15.0. The molecule has 0 saturated carbocycles. The van der Waals surface area contributed by atoms with E-state index in [2.05, 4.69) is 5.32 Å². The molecule has 2 aromatic rings. The molecular formula is C17H17NO5. The van der Waals surface area contributed by atoms with Gasteiger partial charge in [0.2, 0.25) is 6.79 Å². The maximum Gasteiger partial charge on any atom is 0.258 e. The number of hydrogen-bond donors (Lipinski definition) is 1. The average molecular weight is 315 g/mol. The van der Waals surface area contributed by atoms with Crippen LogP contribution in [0.4, 0.5) is 0 Å². The van der Waals surface area contributed by atoms with Crippen LogP contribution >= 0.6 is 0 Å². The summed E-state index contributed by atoms with van der Waals surface area (Å²) in [6.45, 7) is 0.962. The molecule has 2 aromatic carbocycles. The van der Waals surface area contributed by atoms with Crippen LogP contribution in [0.25, 0.3) is 0 Å². The van der Waals surface area contributed by atoms with E-state index in [0.717, 1.165) is 5.75 Å². The third-order valence-electron chi connectivity index (χ3n) is 3.15. The third-order valence-corrected chi connectivity index (χ3v) is 3.15. The van der Waals surface area contributed by atoms with E-state index in [1.54, 1.807) is 18.2 Å². The molecule has 0 unspecified atom stereocenters. The Morgan fingerprint density at radius 3 is 2.70 bits per heavy atom. The normalized spacial score (nSPS) is 11.8. The fourth-order valence-corrected chi connectivity index (χ4v) is 2.04. The molecule has 1 aliphatic rings. The van der Waals surface area contributed by atoms with Gasteiger partial charge in [-0.25, -0.2) is 0 Å². The fraction of sp³-hybridized carbons (Fsp3) is 0.235. The predicted molar refractivity (Wildman–Crippen MR) is 83.0 cm³/mol. The van der Waals surface area contributed by atoms with Crippen LogP contribution in [0.15, 0.2) is 48.5 Å². The van der Waals surface area contributed by atoms with Crippen molar-refractivity contribution in [1.29, 1.82) is 0 Å². The molecule has 6 heteroatoms. The first-order valence-electron chi connectivity index (χ1n) is 7.28. The Hall–Kier alpha value is -2.89. The van der Waals surface area contributed by atoms with E-state index in [-0.39, 0.29) is 19.3 Å². The summed E-state index contributed by atoms with van der Waals surface area (Å²) in [7, 11) is 0. The minimum absolute atomic E-state index is 0.0645. The number of carbonyl (C=O) groups is 1. The highest BCUT2D eigenvalue weighted by Crippen LogP contribution is 2.34. The molecule has 1 N–H and O–H groups in total. The first-order valence-corrected chi connectivity index (χ1v) is 7.28. The zero-order valence-electron chi connectivity index (χ0n) is 12.5. The van der Waals surface area contributed by atoms with Gasteiger partial charge in [0, 0.05) is 6.07 Å². The van der Waals surface area contributed by atoms with Crippen LogP contribution in [0.1, 0.15) is 0 Å². The summed E-state index contributed by atoms with van der Waals surface area (Å²) in [5.74, 6) is 2.43. The van der Waals surface area contributed by atoms with Crippen molar-refractivity contribution in [2.45, 2.75) is 0 Å². The average Bonchev–Trinajstić information content (AvgIpc) is 3.05. The topological polar surface area (TPSA) is 66.0 Å². The Morgan fingerprint density at radius 2 is 1.83 bits per heavy atom. The number of carbonyl (C=O) groups excluding carboxylic acids is 1. The number of hydrogen-bond acceptors (Lipinski definition) is 5. The molecule has 0 aromatic heterocycles. The summed E-state index contributed by atoms with van der Waals surface area (Å²) in [5, 5.41) is 2.73. The SMILES string of the molecule is O=C(COc1ccc2c(c1)OCO2)NCCOc1ccccc1. The molecule has 1 amide bonds. The van der Waals surface area contributed by atoms with Crippen molar-refractivity contribution in [2.75, 3.05) is 26.6 Å². The number of para-hydroxylation sites is 1. The van der Waals surface area contributed by atoms with Gasteiger partial charge in [-0.3, -0.25) is 4.79 Å². The van der Waals surface area contributed by atoms with Crippen LogP contribution in [0, 0.1) is 0 Å². The number of benzene rings is 2. The number of fused-ring (bicyclic) bond motifs is 1. The van der Waals surface area contributed by atoms with Gasteiger partial charge < -0.3 is 24.3 Å². The summed E-state index contributed by atoms with van der Waals surface area (Å²) in [6.07, 6.45) is 0. The summed E-state index contributed by atoms with van der Waals surface area (Å²) in [4.78, 5) is 11.7. The van der Waals surface area contributed by atoms with E-state index in [0.29, 0.717) is 30.4 Å². The van der Waals surface area contributed by atoms with E-state index >= 15 is 0 Å². The molecule has 1 heterocycles. The van der Waals surface area contributed by atoms with Gasteiger partial charge in [-0.2, -0.15) is 0 Å². The predicted octanol–water partition coefficient (Wildman–Crippen LogP) is 1.99. The van der Waals surface area contributed by atoms with Crippen LogP contribution in [0.5, 0.6) is 23.0 Å². The Balaban J connectivity index is 1.35. The summed E-state index contributed by atoms with van der Waals surface area (Å²) < 4.78 is 21.4. The summed E-state index contributed by atoms with van der Waals surface area (Å²) in [5.41, 5.74) is 0. The van der Waals surface area contributed by atoms with Gasteiger partial charge >= 0.3 is 0 Å². The van der Waals surface area contributed by atoms with Crippen molar-refractivity contribution in [3.63, 3.8) is 0 Å². The summed E-state index contributed by atoms with van der Waals surface area (Å²) in [6, 6.07) is 14.6. The zero-order chi connectivity index (χ0) is 15.9. The highest BCUT2D eigenvalue weighted by Gasteiger charge is 2.14. The molecule has 120 valence electrons. The molecular weight excluding hydrogens is 298 g/mol. The van der Waals surface area contributed by atoms with Crippen LogP contribution in [-0.4, -0.2) is 32.5 Å². The largest absolute Gasteiger partial charge is 0.492 e. The fourth-order valence-electron chi connectivity index (χ4n) is 2.04. The number of amides is 1. The lowest BCUT2D eigenvalue weighted by Crippen LogP contribution is -2.32. The van der Waals surface area contributed by atoms with Gasteiger partial charge in [0.1, 0.15) is 18.1 Å². The molecule has 0 saturated heterocycles. The van der Waals surface area contributed by atoms with Gasteiger partial charge in [-0.15, -0.1) is 0 Å². The van der Waals surface area contributed by atoms with Crippen molar-refractivity contribution in [3.05, 3.63) is 48.5 Å². The van der Waals surface area contributed by atoms with Gasteiger partial charge in [-0.1, -0.05) is 18.2 Å². The molecule has 3 rings (SSSR count). The van der Waals surface area contributed by atoms with E-state index in [9.17, 15) is 4.79 Å². The Labute approximate surface area is 133 Å². The van der Waals surface area contributed by atoms with Crippen molar-refractivity contribution in [1.82, 2.24) is 5.32 Å². The molecule has 0 aliphatic carbocycles. The Morgan fingerprint density at radius 1 is 1.00 bits per heavy atom. The van der Waals surface area contributed by atoms with Gasteiger partial charge in [0.15, 0.2) is 18.1 Å². The number of rotatable bonds is 7. The molecule has 1 aliphatic heterocycles. The van der Waals surface area contributed by atoms with E-state index in [4.69, 9.17) is 18.9 Å². The maximum absolute atomic E-state index is 11.7. The lowest BCUT2D eigenvalue weighted by molar-refractivity contribution is -0.123. The summed E-state index contributed by atoms with van der Waals surface area (Å²) >= 11 is 0. The smallest absolute Gasteiger partial charge is 0.258 e. The Kier molecular flexibility index (Phi) is 4.83.